The number of fused-ring (bicyclic) bond motifs is 2. The number of nitrogen functional groups attached to an aromatic ring is 1. The molecular weight excluding hydrogens is 346 g/mol. The molecular formula is C21H24ClN3O. The molecule has 5 heteroatoms. The number of benzene rings is 2. The largest absolute Gasteiger partial charge is 0.399 e. The second-order valence-corrected chi connectivity index (χ2v) is 8.06. The summed E-state index contributed by atoms with van der Waals surface area (Å²) < 4.78 is 0. The Labute approximate surface area is 159 Å². The predicted molar refractivity (Wildman–Crippen MR) is 105 cm³/mol. The summed E-state index contributed by atoms with van der Waals surface area (Å²) in [5, 5.41) is 0.779. The van der Waals surface area contributed by atoms with E-state index in [-0.39, 0.29) is 5.91 Å². The minimum atomic E-state index is 0.130. The smallest absolute Gasteiger partial charge is 0.253 e. The van der Waals surface area contributed by atoms with Crippen LogP contribution in [-0.2, 0) is 6.54 Å². The van der Waals surface area contributed by atoms with Crippen molar-refractivity contribution < 1.29 is 4.79 Å². The quantitative estimate of drug-likeness (QED) is 0.842. The molecule has 2 bridgehead atoms. The summed E-state index contributed by atoms with van der Waals surface area (Å²) in [5.74, 6) is 1.23. The van der Waals surface area contributed by atoms with Gasteiger partial charge in [-0.3, -0.25) is 9.69 Å². The van der Waals surface area contributed by atoms with Crippen molar-refractivity contribution in [2.45, 2.75) is 13.0 Å². The molecule has 2 aliphatic rings. The maximum absolute atomic E-state index is 12.8. The fraction of sp³-hybridized carbons (Fsp3) is 0.381. The zero-order valence-electron chi connectivity index (χ0n) is 14.8. The molecule has 0 saturated carbocycles. The van der Waals surface area contributed by atoms with Gasteiger partial charge in [-0.25, -0.2) is 0 Å². The van der Waals surface area contributed by atoms with Gasteiger partial charge in [-0.15, -0.1) is 0 Å². The lowest BCUT2D eigenvalue weighted by atomic mass is 9.84. The third-order valence-corrected chi connectivity index (χ3v) is 5.67. The van der Waals surface area contributed by atoms with E-state index in [1.807, 2.05) is 29.2 Å². The number of halogens is 1. The highest BCUT2D eigenvalue weighted by Crippen LogP contribution is 2.30. The van der Waals surface area contributed by atoms with Gasteiger partial charge in [0, 0.05) is 49.0 Å². The van der Waals surface area contributed by atoms with Crippen molar-refractivity contribution in [2.75, 3.05) is 31.9 Å². The summed E-state index contributed by atoms with van der Waals surface area (Å²) in [7, 11) is 0. The van der Waals surface area contributed by atoms with Gasteiger partial charge in [-0.1, -0.05) is 23.7 Å². The molecule has 0 aromatic heterocycles. The van der Waals surface area contributed by atoms with Gasteiger partial charge in [0.15, 0.2) is 0 Å². The normalized spacial score (nSPS) is 23.0. The van der Waals surface area contributed by atoms with E-state index < -0.39 is 0 Å². The Hall–Kier alpha value is -2.04. The van der Waals surface area contributed by atoms with Crippen LogP contribution in [0.2, 0.25) is 5.02 Å². The number of nitrogens with zero attached hydrogens (tertiary/aromatic N) is 2. The lowest BCUT2D eigenvalue weighted by molar-refractivity contribution is 0.0238. The van der Waals surface area contributed by atoms with Gasteiger partial charge in [-0.2, -0.15) is 0 Å². The number of rotatable bonds is 3. The molecule has 2 fully saturated rings. The Morgan fingerprint density at radius 1 is 0.962 bits per heavy atom. The van der Waals surface area contributed by atoms with Gasteiger partial charge in [-0.05, 0) is 60.2 Å². The second kappa shape index (κ2) is 7.29. The molecule has 2 atom stereocenters. The lowest BCUT2D eigenvalue weighted by Gasteiger charge is -2.46. The van der Waals surface area contributed by atoms with E-state index in [0.29, 0.717) is 17.5 Å². The highest BCUT2D eigenvalue weighted by molar-refractivity contribution is 6.30. The second-order valence-electron chi connectivity index (χ2n) is 7.62. The van der Waals surface area contributed by atoms with Crippen molar-refractivity contribution in [1.29, 1.82) is 0 Å². The van der Waals surface area contributed by atoms with Crippen LogP contribution in [0.3, 0.4) is 0 Å². The Bertz CT molecular complexity index is 761. The van der Waals surface area contributed by atoms with Crippen molar-refractivity contribution in [3.63, 3.8) is 0 Å². The standard InChI is InChI=1S/C21H24ClN3O/c22-19-5-1-15(2-6-19)10-24-11-16-9-17(12-24)14-25(13-16)21(26)18-3-7-20(23)8-4-18/h1-8,16-17H,9-14,23H2. The number of nitrogens with two attached hydrogens (primary N) is 1. The molecule has 2 saturated heterocycles. The van der Waals surface area contributed by atoms with E-state index >= 15 is 0 Å². The average Bonchev–Trinajstić information content (AvgIpc) is 2.63. The Morgan fingerprint density at radius 2 is 1.58 bits per heavy atom. The van der Waals surface area contributed by atoms with Crippen LogP contribution in [0, 0.1) is 11.8 Å². The van der Waals surface area contributed by atoms with Crippen molar-refractivity contribution in [2.24, 2.45) is 11.8 Å². The van der Waals surface area contributed by atoms with Crippen LogP contribution in [0.4, 0.5) is 5.69 Å². The van der Waals surface area contributed by atoms with E-state index in [0.717, 1.165) is 43.3 Å². The van der Waals surface area contributed by atoms with Crippen LogP contribution in [0.25, 0.3) is 0 Å². The molecule has 2 aromatic rings. The van der Waals surface area contributed by atoms with Gasteiger partial charge in [0.05, 0.1) is 0 Å². The number of hydrogen-bond donors (Lipinski definition) is 1. The molecule has 0 aliphatic carbocycles. The molecule has 0 spiro atoms. The van der Waals surface area contributed by atoms with E-state index in [1.165, 1.54) is 12.0 Å². The first-order chi connectivity index (χ1) is 12.6. The Morgan fingerprint density at radius 3 is 2.19 bits per heavy atom. The number of carbonyl (C=O) groups excluding carboxylic acids is 1. The SMILES string of the molecule is Nc1ccc(C(=O)N2CC3CC(CN(Cc4ccc(Cl)cc4)C3)C2)cc1. The summed E-state index contributed by atoms with van der Waals surface area (Å²) in [4.78, 5) is 17.4. The van der Waals surface area contributed by atoms with Crippen molar-refractivity contribution in [3.8, 4) is 0 Å². The maximum Gasteiger partial charge on any atom is 0.253 e. The molecule has 0 radical (unpaired) electrons. The van der Waals surface area contributed by atoms with E-state index in [4.69, 9.17) is 17.3 Å². The maximum atomic E-state index is 12.8. The zero-order valence-corrected chi connectivity index (χ0v) is 15.5. The van der Waals surface area contributed by atoms with Crippen molar-refractivity contribution >= 4 is 23.2 Å². The Balaban J connectivity index is 1.39. The van der Waals surface area contributed by atoms with Gasteiger partial charge in [0.2, 0.25) is 0 Å². The van der Waals surface area contributed by atoms with Crippen LogP contribution in [-0.4, -0.2) is 41.9 Å². The van der Waals surface area contributed by atoms with Crippen molar-refractivity contribution in [3.05, 3.63) is 64.7 Å². The highest BCUT2D eigenvalue weighted by Gasteiger charge is 2.36. The molecule has 2 heterocycles. The molecule has 136 valence electrons. The molecule has 4 nitrogen and oxygen atoms in total. The van der Waals surface area contributed by atoms with Gasteiger partial charge in [0.25, 0.3) is 5.91 Å². The molecule has 2 N–H and O–H groups in total. The van der Waals surface area contributed by atoms with Gasteiger partial charge < -0.3 is 10.6 Å². The van der Waals surface area contributed by atoms with E-state index in [1.54, 1.807) is 12.1 Å². The number of piperidine rings is 2. The summed E-state index contributed by atoms with van der Waals surface area (Å²) in [6.07, 6.45) is 1.22. The van der Waals surface area contributed by atoms with Crippen LogP contribution in [0.1, 0.15) is 22.3 Å². The molecule has 1 amide bonds. The van der Waals surface area contributed by atoms with Crippen LogP contribution >= 0.6 is 11.6 Å². The first-order valence-corrected chi connectivity index (χ1v) is 9.56. The third kappa shape index (κ3) is 3.87. The van der Waals surface area contributed by atoms with E-state index in [9.17, 15) is 4.79 Å². The van der Waals surface area contributed by atoms with Crippen molar-refractivity contribution in [1.82, 2.24) is 9.80 Å². The van der Waals surface area contributed by atoms with Crippen LogP contribution in [0.5, 0.6) is 0 Å². The summed E-state index contributed by atoms with van der Waals surface area (Å²) in [5.41, 5.74) is 8.45. The lowest BCUT2D eigenvalue weighted by Crippen LogP contribution is -2.53. The van der Waals surface area contributed by atoms with Crippen LogP contribution in [0.15, 0.2) is 48.5 Å². The summed E-state index contributed by atoms with van der Waals surface area (Å²) in [6.45, 7) is 4.74. The molecule has 2 aromatic carbocycles. The highest BCUT2D eigenvalue weighted by atomic mass is 35.5. The monoisotopic (exact) mass is 369 g/mol. The minimum Gasteiger partial charge on any atom is -0.399 e. The number of amides is 1. The molecule has 2 aliphatic heterocycles. The fourth-order valence-electron chi connectivity index (χ4n) is 4.34. The van der Waals surface area contributed by atoms with E-state index in [2.05, 4.69) is 17.0 Å². The summed E-state index contributed by atoms with van der Waals surface area (Å²) >= 11 is 5.98. The third-order valence-electron chi connectivity index (χ3n) is 5.42. The zero-order chi connectivity index (χ0) is 18.1. The fourth-order valence-corrected chi connectivity index (χ4v) is 4.46. The number of carbonyl (C=O) groups is 1. The predicted octanol–water partition coefficient (Wildman–Crippen LogP) is 3.52. The molecule has 4 rings (SSSR count). The summed E-state index contributed by atoms with van der Waals surface area (Å²) in [6, 6.07) is 15.4. The number of anilines is 1. The van der Waals surface area contributed by atoms with Crippen LogP contribution < -0.4 is 5.73 Å². The topological polar surface area (TPSA) is 49.6 Å². The first kappa shape index (κ1) is 17.4. The molecule has 2 unspecified atom stereocenters. The van der Waals surface area contributed by atoms with Gasteiger partial charge >= 0.3 is 0 Å². The Kier molecular flexibility index (Phi) is 4.88. The number of likely N-dealkylation sites (tertiary alicyclic amines) is 2. The first-order valence-electron chi connectivity index (χ1n) is 9.18. The number of hydrogen-bond acceptors (Lipinski definition) is 3. The molecule has 26 heavy (non-hydrogen) atoms. The minimum absolute atomic E-state index is 0.130. The average molecular weight is 370 g/mol. The van der Waals surface area contributed by atoms with Gasteiger partial charge in [0.1, 0.15) is 0 Å².